The van der Waals surface area contributed by atoms with Gasteiger partial charge in [0.15, 0.2) is 20.7 Å². The molecule has 0 aliphatic rings. The van der Waals surface area contributed by atoms with Crippen LogP contribution in [0.4, 0.5) is 11.5 Å². The zero-order valence-corrected chi connectivity index (χ0v) is 12.9. The molecule has 1 aromatic carbocycles. The first-order valence-electron chi connectivity index (χ1n) is 5.71. The van der Waals surface area contributed by atoms with Crippen molar-refractivity contribution in [1.82, 2.24) is 9.55 Å². The summed E-state index contributed by atoms with van der Waals surface area (Å²) in [6.07, 6.45) is 2.25. The van der Waals surface area contributed by atoms with Crippen molar-refractivity contribution in [2.24, 2.45) is 7.05 Å². The second-order valence-electron chi connectivity index (χ2n) is 4.42. The van der Waals surface area contributed by atoms with E-state index in [0.717, 1.165) is 6.26 Å². The molecule has 21 heavy (non-hydrogen) atoms. The van der Waals surface area contributed by atoms with Gasteiger partial charge in [-0.15, -0.1) is 0 Å². The number of nitrogens with one attached hydrogen (secondary N) is 1. The second kappa shape index (κ2) is 5.04. The molecule has 3 N–H and O–H groups in total. The summed E-state index contributed by atoms with van der Waals surface area (Å²) in [7, 11) is -6.16. The van der Waals surface area contributed by atoms with Crippen molar-refractivity contribution < 1.29 is 16.8 Å². The predicted molar refractivity (Wildman–Crippen MR) is 78.0 cm³/mol. The minimum absolute atomic E-state index is 0.0411. The molecule has 0 unspecified atom stereocenters. The number of sulfone groups is 1. The molecular weight excluding hydrogens is 316 g/mol. The molecule has 10 heteroatoms. The Balaban J connectivity index is 2.53. The van der Waals surface area contributed by atoms with Crippen LogP contribution in [-0.2, 0) is 26.9 Å². The monoisotopic (exact) mass is 330 g/mol. The molecular formula is C11H14N4O4S2. The first-order valence-corrected chi connectivity index (χ1v) is 9.09. The fraction of sp³-hybridized carbons (Fsp3) is 0.182. The van der Waals surface area contributed by atoms with Crippen molar-refractivity contribution in [1.29, 1.82) is 0 Å². The summed E-state index contributed by atoms with van der Waals surface area (Å²) in [5.41, 5.74) is 5.49. The molecule has 1 aromatic heterocycles. The Labute approximate surface area is 122 Å². The van der Waals surface area contributed by atoms with Gasteiger partial charge in [0.05, 0.1) is 16.9 Å². The highest BCUT2D eigenvalue weighted by Gasteiger charge is 2.24. The summed E-state index contributed by atoms with van der Waals surface area (Å²) < 4.78 is 51.5. The van der Waals surface area contributed by atoms with E-state index in [1.54, 1.807) is 0 Å². The van der Waals surface area contributed by atoms with Crippen LogP contribution in [0.3, 0.4) is 0 Å². The van der Waals surface area contributed by atoms with Gasteiger partial charge in [-0.2, -0.15) is 8.42 Å². The molecule has 0 amide bonds. The summed E-state index contributed by atoms with van der Waals surface area (Å²) >= 11 is 0. The number of anilines is 2. The Morgan fingerprint density at radius 2 is 1.81 bits per heavy atom. The highest BCUT2D eigenvalue weighted by atomic mass is 32.2. The number of nitrogens with zero attached hydrogens (tertiary/aromatic N) is 2. The quantitative estimate of drug-likeness (QED) is 0.825. The van der Waals surface area contributed by atoms with Crippen molar-refractivity contribution >= 4 is 31.4 Å². The van der Waals surface area contributed by atoms with Crippen LogP contribution >= 0.6 is 0 Å². The number of hydrogen-bond acceptors (Lipinski definition) is 6. The molecule has 0 saturated heterocycles. The van der Waals surface area contributed by atoms with Gasteiger partial charge in [-0.3, -0.25) is 4.72 Å². The number of aromatic nitrogens is 2. The molecule has 0 aliphatic heterocycles. The molecule has 8 nitrogen and oxygen atoms in total. The first kappa shape index (κ1) is 15.3. The zero-order chi connectivity index (χ0) is 15.8. The lowest BCUT2D eigenvalue weighted by Gasteiger charge is -2.12. The van der Waals surface area contributed by atoms with E-state index in [2.05, 4.69) is 9.71 Å². The first-order chi connectivity index (χ1) is 9.63. The van der Waals surface area contributed by atoms with Crippen molar-refractivity contribution in [2.45, 2.75) is 9.92 Å². The largest absolute Gasteiger partial charge is 0.381 e. The van der Waals surface area contributed by atoms with Gasteiger partial charge in [0.1, 0.15) is 0 Å². The van der Waals surface area contributed by atoms with Crippen LogP contribution in [0.5, 0.6) is 0 Å². The van der Waals surface area contributed by atoms with Gasteiger partial charge in [0.25, 0.3) is 10.0 Å². The van der Waals surface area contributed by atoms with E-state index < -0.39 is 19.9 Å². The van der Waals surface area contributed by atoms with Crippen molar-refractivity contribution in [3.63, 3.8) is 0 Å². The lowest BCUT2D eigenvalue weighted by molar-refractivity contribution is 0.591. The predicted octanol–water partition coefficient (Wildman–Crippen LogP) is 0.207. The second-order valence-corrected chi connectivity index (χ2v) is 8.00. The maximum absolute atomic E-state index is 12.3. The van der Waals surface area contributed by atoms with Crippen molar-refractivity contribution in [3.05, 3.63) is 30.6 Å². The topological polar surface area (TPSA) is 124 Å². The Hall–Kier alpha value is -2.07. The third kappa shape index (κ3) is 3.00. The Morgan fingerprint density at radius 3 is 2.33 bits per heavy atom. The number of rotatable bonds is 4. The number of hydrogen-bond donors (Lipinski definition) is 2. The fourth-order valence-corrected chi connectivity index (χ4v) is 4.06. The molecule has 1 heterocycles. The highest BCUT2D eigenvalue weighted by molar-refractivity contribution is 7.93. The summed E-state index contributed by atoms with van der Waals surface area (Å²) in [5, 5.41) is -0.231. The van der Waals surface area contributed by atoms with Crippen LogP contribution in [0.15, 0.2) is 40.5 Å². The van der Waals surface area contributed by atoms with E-state index in [-0.39, 0.29) is 21.4 Å². The lowest BCUT2D eigenvalue weighted by Crippen LogP contribution is -2.19. The molecule has 0 atom stereocenters. The maximum Gasteiger partial charge on any atom is 0.281 e. The van der Waals surface area contributed by atoms with E-state index in [4.69, 9.17) is 5.73 Å². The molecule has 2 aromatic rings. The van der Waals surface area contributed by atoms with Crippen LogP contribution in [0.2, 0.25) is 0 Å². The van der Waals surface area contributed by atoms with Crippen LogP contribution in [0.1, 0.15) is 0 Å². The maximum atomic E-state index is 12.3. The zero-order valence-electron chi connectivity index (χ0n) is 11.3. The number of sulfonamides is 1. The van der Waals surface area contributed by atoms with Gasteiger partial charge in [-0.05, 0) is 12.1 Å². The van der Waals surface area contributed by atoms with E-state index in [1.807, 2.05) is 0 Å². The summed E-state index contributed by atoms with van der Waals surface area (Å²) in [5.74, 6) is -0.165. The molecule has 0 aliphatic carbocycles. The van der Waals surface area contributed by atoms with Crippen LogP contribution in [0.25, 0.3) is 0 Å². The summed E-state index contributed by atoms with van der Waals surface area (Å²) in [6.45, 7) is 0. The normalized spacial score (nSPS) is 12.3. The highest BCUT2D eigenvalue weighted by Crippen LogP contribution is 2.25. The van der Waals surface area contributed by atoms with Gasteiger partial charge in [0, 0.05) is 13.3 Å². The summed E-state index contributed by atoms with van der Waals surface area (Å²) in [6, 6.07) is 5.71. The standard InChI is InChI=1S/C11H14N4O4S2/c1-15-7-13-10(12)11(15)21(18,19)14-8-5-3-4-6-9(8)20(2,16)17/h3-7,14H,12H2,1-2H3. The third-order valence-electron chi connectivity index (χ3n) is 2.69. The van der Waals surface area contributed by atoms with Gasteiger partial charge in [0.2, 0.25) is 0 Å². The Morgan fingerprint density at radius 1 is 1.19 bits per heavy atom. The molecule has 0 fully saturated rings. The van der Waals surface area contributed by atoms with Crippen molar-refractivity contribution in [3.8, 4) is 0 Å². The number of para-hydroxylation sites is 1. The number of benzene rings is 1. The van der Waals surface area contributed by atoms with Crippen molar-refractivity contribution in [2.75, 3.05) is 16.7 Å². The third-order valence-corrected chi connectivity index (χ3v) is 5.34. The van der Waals surface area contributed by atoms with Crippen LogP contribution in [-0.4, -0.2) is 32.6 Å². The molecule has 0 radical (unpaired) electrons. The van der Waals surface area contributed by atoms with Gasteiger partial charge in [-0.25, -0.2) is 13.4 Å². The van der Waals surface area contributed by atoms with Gasteiger partial charge >= 0.3 is 0 Å². The fourth-order valence-electron chi connectivity index (χ4n) is 1.83. The minimum Gasteiger partial charge on any atom is -0.381 e. The lowest BCUT2D eigenvalue weighted by atomic mass is 10.3. The van der Waals surface area contributed by atoms with E-state index in [1.165, 1.54) is 42.2 Å². The van der Waals surface area contributed by atoms with Gasteiger partial charge in [-0.1, -0.05) is 12.1 Å². The average molecular weight is 330 g/mol. The molecule has 0 spiro atoms. The van der Waals surface area contributed by atoms with E-state index in [9.17, 15) is 16.8 Å². The molecule has 0 saturated carbocycles. The number of nitrogen functional groups attached to an aromatic ring is 1. The molecule has 0 bridgehead atoms. The smallest absolute Gasteiger partial charge is 0.281 e. The van der Waals surface area contributed by atoms with E-state index >= 15 is 0 Å². The van der Waals surface area contributed by atoms with Gasteiger partial charge < -0.3 is 10.3 Å². The number of aryl methyl sites for hydroxylation is 1. The SMILES string of the molecule is Cn1cnc(N)c1S(=O)(=O)Nc1ccccc1S(C)(=O)=O. The minimum atomic E-state index is -4.05. The Bertz CT molecular complexity index is 865. The van der Waals surface area contributed by atoms with Crippen LogP contribution < -0.4 is 10.5 Å². The summed E-state index contributed by atoms with van der Waals surface area (Å²) in [4.78, 5) is 3.58. The molecule has 2 rings (SSSR count). The number of nitrogens with two attached hydrogens (primary N) is 1. The average Bonchev–Trinajstić information content (AvgIpc) is 2.68. The van der Waals surface area contributed by atoms with E-state index in [0.29, 0.717) is 0 Å². The Kier molecular flexibility index (Phi) is 3.68. The number of imidazole rings is 1. The molecule has 114 valence electrons. The van der Waals surface area contributed by atoms with Crippen LogP contribution in [0, 0.1) is 0 Å².